The number of aryl methyl sites for hydroxylation is 2. The van der Waals surface area contributed by atoms with Gasteiger partial charge in [0, 0.05) is 31.2 Å². The molecule has 0 bridgehead atoms. The molecule has 1 aliphatic rings. The molecule has 1 aliphatic heterocycles. The molecule has 7 heteroatoms. The van der Waals surface area contributed by atoms with Gasteiger partial charge in [-0.2, -0.15) is 5.10 Å². The lowest BCUT2D eigenvalue weighted by atomic mass is 10.2. The minimum atomic E-state index is -0.151. The molecule has 1 saturated heterocycles. The summed E-state index contributed by atoms with van der Waals surface area (Å²) in [7, 11) is 1.86. The van der Waals surface area contributed by atoms with Crippen molar-refractivity contribution in [2.75, 3.05) is 11.4 Å². The Labute approximate surface area is 134 Å². The Morgan fingerprint density at radius 1 is 1.55 bits per heavy atom. The van der Waals surface area contributed by atoms with E-state index in [1.54, 1.807) is 27.1 Å². The van der Waals surface area contributed by atoms with Gasteiger partial charge >= 0.3 is 0 Å². The number of anilines is 1. The highest BCUT2D eigenvalue weighted by atomic mass is 32.1. The van der Waals surface area contributed by atoms with Crippen LogP contribution in [-0.2, 0) is 18.3 Å². The van der Waals surface area contributed by atoms with Crippen molar-refractivity contribution in [1.29, 1.82) is 0 Å². The van der Waals surface area contributed by atoms with Crippen molar-refractivity contribution in [2.45, 2.75) is 38.8 Å². The number of hydrogen-bond acceptors (Lipinski definition) is 5. The van der Waals surface area contributed by atoms with E-state index in [1.807, 2.05) is 13.2 Å². The normalized spacial score (nSPS) is 19.9. The molecule has 2 aromatic rings. The second-order valence-electron chi connectivity index (χ2n) is 5.61. The van der Waals surface area contributed by atoms with Crippen molar-refractivity contribution >= 4 is 22.9 Å². The van der Waals surface area contributed by atoms with Crippen LogP contribution in [0.1, 0.15) is 37.0 Å². The molecule has 118 valence electrons. The number of hydrogen-bond donors (Lipinski definition) is 1. The van der Waals surface area contributed by atoms with E-state index in [0.29, 0.717) is 0 Å². The molecule has 0 aliphatic carbocycles. The number of amides is 1. The van der Waals surface area contributed by atoms with Gasteiger partial charge in [0.1, 0.15) is 0 Å². The molecule has 0 radical (unpaired) electrons. The molecule has 3 heterocycles. The molecular formula is C15H21N5OS. The molecule has 22 heavy (non-hydrogen) atoms. The summed E-state index contributed by atoms with van der Waals surface area (Å²) in [5.41, 5.74) is 1.89. The zero-order chi connectivity index (χ0) is 15.7. The van der Waals surface area contributed by atoms with Crippen LogP contribution in [-0.4, -0.2) is 33.3 Å². The van der Waals surface area contributed by atoms with E-state index in [1.165, 1.54) is 0 Å². The van der Waals surface area contributed by atoms with Gasteiger partial charge in [0.25, 0.3) is 0 Å². The summed E-state index contributed by atoms with van der Waals surface area (Å²) in [6, 6.07) is -0.0682. The fourth-order valence-corrected chi connectivity index (χ4v) is 3.55. The number of carbonyl (C=O) groups is 1. The van der Waals surface area contributed by atoms with Gasteiger partial charge in [0.2, 0.25) is 5.91 Å². The van der Waals surface area contributed by atoms with Gasteiger partial charge in [-0.1, -0.05) is 6.92 Å². The standard InChI is InChI=1S/C15H21N5OS/c1-4-14-18-13(9-22-14)10(2)17-12-5-6-20(15(12)21)11-7-16-19(3)8-11/h7-10,12,17H,4-6H2,1-3H3. The fraction of sp³-hybridized carbons (Fsp3) is 0.533. The van der Waals surface area contributed by atoms with Crippen LogP contribution in [0, 0.1) is 0 Å². The fourth-order valence-electron chi connectivity index (χ4n) is 2.71. The third-order valence-corrected chi connectivity index (χ3v) is 4.99. The Morgan fingerprint density at radius 3 is 3.00 bits per heavy atom. The number of thiazole rings is 1. The first-order valence-electron chi connectivity index (χ1n) is 7.59. The summed E-state index contributed by atoms with van der Waals surface area (Å²) >= 11 is 1.68. The average Bonchev–Trinajstić information content (AvgIpc) is 3.20. The summed E-state index contributed by atoms with van der Waals surface area (Å²) < 4.78 is 1.72. The first-order chi connectivity index (χ1) is 10.6. The highest BCUT2D eigenvalue weighted by molar-refractivity contribution is 7.09. The van der Waals surface area contributed by atoms with Gasteiger partial charge in [-0.15, -0.1) is 11.3 Å². The molecule has 1 amide bonds. The summed E-state index contributed by atoms with van der Waals surface area (Å²) in [5, 5.41) is 10.8. The van der Waals surface area contributed by atoms with Crippen LogP contribution in [0.4, 0.5) is 5.69 Å². The van der Waals surface area contributed by atoms with E-state index in [0.717, 1.165) is 35.8 Å². The van der Waals surface area contributed by atoms with Crippen molar-refractivity contribution in [1.82, 2.24) is 20.1 Å². The van der Waals surface area contributed by atoms with Crippen LogP contribution < -0.4 is 10.2 Å². The van der Waals surface area contributed by atoms with Crippen LogP contribution in [0.5, 0.6) is 0 Å². The van der Waals surface area contributed by atoms with Crippen molar-refractivity contribution in [3.63, 3.8) is 0 Å². The van der Waals surface area contributed by atoms with Crippen LogP contribution >= 0.6 is 11.3 Å². The lowest BCUT2D eigenvalue weighted by molar-refractivity contribution is -0.119. The summed E-state index contributed by atoms with van der Waals surface area (Å²) in [5.74, 6) is 0.116. The minimum Gasteiger partial charge on any atom is -0.308 e. The summed E-state index contributed by atoms with van der Waals surface area (Å²) in [6.45, 7) is 4.90. The summed E-state index contributed by atoms with van der Waals surface area (Å²) in [6.07, 6.45) is 5.37. The van der Waals surface area contributed by atoms with Crippen LogP contribution in [0.3, 0.4) is 0 Å². The molecule has 2 atom stereocenters. The predicted molar refractivity (Wildman–Crippen MR) is 87.0 cm³/mol. The van der Waals surface area contributed by atoms with Crippen molar-refractivity contribution in [3.8, 4) is 0 Å². The largest absolute Gasteiger partial charge is 0.308 e. The maximum atomic E-state index is 12.6. The van der Waals surface area contributed by atoms with E-state index in [4.69, 9.17) is 0 Å². The maximum Gasteiger partial charge on any atom is 0.244 e. The zero-order valence-corrected chi connectivity index (χ0v) is 13.9. The third-order valence-electron chi connectivity index (χ3n) is 3.98. The van der Waals surface area contributed by atoms with Crippen molar-refractivity contribution in [3.05, 3.63) is 28.5 Å². The Hall–Kier alpha value is -1.73. The number of aromatic nitrogens is 3. The molecule has 3 rings (SSSR count). The molecule has 2 aromatic heterocycles. The zero-order valence-electron chi connectivity index (χ0n) is 13.1. The molecule has 1 fully saturated rings. The van der Waals surface area contributed by atoms with Crippen molar-refractivity contribution < 1.29 is 4.79 Å². The Balaban J connectivity index is 1.65. The highest BCUT2D eigenvalue weighted by Crippen LogP contribution is 2.23. The molecule has 0 spiro atoms. The predicted octanol–water partition coefficient (Wildman–Crippen LogP) is 1.90. The Morgan fingerprint density at radius 2 is 2.36 bits per heavy atom. The molecular weight excluding hydrogens is 298 g/mol. The molecule has 2 unspecified atom stereocenters. The average molecular weight is 319 g/mol. The van der Waals surface area contributed by atoms with Gasteiger partial charge in [0.15, 0.2) is 0 Å². The second kappa shape index (κ2) is 6.18. The number of rotatable bonds is 5. The van der Waals surface area contributed by atoms with Gasteiger partial charge < -0.3 is 4.90 Å². The van der Waals surface area contributed by atoms with Gasteiger partial charge in [0.05, 0.1) is 28.6 Å². The van der Waals surface area contributed by atoms with Gasteiger partial charge in [-0.25, -0.2) is 4.98 Å². The topological polar surface area (TPSA) is 63.1 Å². The number of nitrogens with one attached hydrogen (secondary N) is 1. The SMILES string of the molecule is CCc1nc(C(C)NC2CCN(c3cnn(C)c3)C2=O)cs1. The lowest BCUT2D eigenvalue weighted by Gasteiger charge is -2.18. The van der Waals surface area contributed by atoms with E-state index < -0.39 is 0 Å². The maximum absolute atomic E-state index is 12.6. The van der Waals surface area contributed by atoms with E-state index in [-0.39, 0.29) is 18.0 Å². The Kier molecular flexibility index (Phi) is 4.26. The van der Waals surface area contributed by atoms with Crippen LogP contribution in [0.25, 0.3) is 0 Å². The minimum absolute atomic E-state index is 0.0827. The van der Waals surface area contributed by atoms with Crippen LogP contribution in [0.15, 0.2) is 17.8 Å². The van der Waals surface area contributed by atoms with Gasteiger partial charge in [-0.05, 0) is 19.8 Å². The third kappa shape index (κ3) is 2.91. The first kappa shape index (κ1) is 15.2. The Bertz CT molecular complexity index is 664. The quantitative estimate of drug-likeness (QED) is 0.914. The molecule has 6 nitrogen and oxygen atoms in total. The molecule has 0 aromatic carbocycles. The molecule has 1 N–H and O–H groups in total. The smallest absolute Gasteiger partial charge is 0.244 e. The van der Waals surface area contributed by atoms with E-state index in [9.17, 15) is 4.79 Å². The second-order valence-corrected chi connectivity index (χ2v) is 6.55. The van der Waals surface area contributed by atoms with E-state index >= 15 is 0 Å². The first-order valence-corrected chi connectivity index (χ1v) is 8.46. The van der Waals surface area contributed by atoms with Crippen molar-refractivity contribution in [2.24, 2.45) is 7.05 Å². The van der Waals surface area contributed by atoms with Gasteiger partial charge in [-0.3, -0.25) is 14.8 Å². The number of carbonyl (C=O) groups excluding carboxylic acids is 1. The molecule has 0 saturated carbocycles. The highest BCUT2D eigenvalue weighted by Gasteiger charge is 2.34. The summed E-state index contributed by atoms with van der Waals surface area (Å²) in [4.78, 5) is 18.9. The monoisotopic (exact) mass is 319 g/mol. The van der Waals surface area contributed by atoms with E-state index in [2.05, 4.69) is 34.6 Å². The van der Waals surface area contributed by atoms with Crippen LogP contribution in [0.2, 0.25) is 0 Å². The number of nitrogens with zero attached hydrogens (tertiary/aromatic N) is 4. The lowest BCUT2D eigenvalue weighted by Crippen LogP contribution is -2.39.